The molecule has 4 aliphatic rings. The molecule has 0 aromatic heterocycles. The normalized spacial score (nSPS) is 18.9. The van der Waals surface area contributed by atoms with Crippen LogP contribution in [0, 0.1) is 5.41 Å². The molecule has 5 N–H and O–H groups in total. The molecule has 3 aromatic carbocycles. The molecule has 4 heterocycles. The minimum Gasteiger partial charge on any atom is -0.477 e. The Hall–Kier alpha value is -1.96. The van der Waals surface area contributed by atoms with Crippen LogP contribution in [0.3, 0.4) is 0 Å². The minimum atomic E-state index is -2.79. The van der Waals surface area contributed by atoms with Gasteiger partial charge in [-0.2, -0.15) is 0 Å². The summed E-state index contributed by atoms with van der Waals surface area (Å²) in [7, 11) is -5.58. The number of hydrogen-bond donors (Lipinski definition) is 5. The molecule has 0 spiro atoms. The molecule has 8 nitrogen and oxygen atoms in total. The third-order valence-corrected chi connectivity index (χ3v) is 7.72. The van der Waals surface area contributed by atoms with E-state index in [1.165, 1.54) is 0 Å². The summed E-state index contributed by atoms with van der Waals surface area (Å²) >= 11 is 0. The first-order valence-corrected chi connectivity index (χ1v) is 13.7. The minimum absolute atomic E-state index is 0.287. The molecule has 1 atom stereocenters. The van der Waals surface area contributed by atoms with Gasteiger partial charge in [0.15, 0.2) is 5.60 Å². The monoisotopic (exact) mass is 532 g/mol. The molecule has 0 aliphatic carbocycles. The molecule has 0 amide bonds. The van der Waals surface area contributed by atoms with Crippen LogP contribution in [0.25, 0.3) is 0 Å². The van der Waals surface area contributed by atoms with Gasteiger partial charge in [0.25, 0.3) is 0 Å². The lowest BCUT2D eigenvalue weighted by molar-refractivity contribution is -0.114. The fourth-order valence-corrected chi connectivity index (χ4v) is 5.62. The maximum atomic E-state index is 10.9. The van der Waals surface area contributed by atoms with Gasteiger partial charge in [-0.3, -0.25) is 0 Å². The summed E-state index contributed by atoms with van der Waals surface area (Å²) in [4.78, 5) is 38.5. The highest BCUT2D eigenvalue weighted by atomic mass is 31.2. The lowest BCUT2D eigenvalue weighted by Gasteiger charge is -2.49. The van der Waals surface area contributed by atoms with Crippen LogP contribution in [0.2, 0.25) is 0 Å². The second-order valence-electron chi connectivity index (χ2n) is 9.37. The first kappa shape index (κ1) is 27.1. The van der Waals surface area contributed by atoms with E-state index in [2.05, 4.69) is 13.8 Å². The Morgan fingerprint density at radius 1 is 0.694 bits per heavy atom. The van der Waals surface area contributed by atoms with Gasteiger partial charge in [-0.15, -0.1) is 0 Å². The highest BCUT2D eigenvalue weighted by Gasteiger charge is 2.57. The maximum absolute atomic E-state index is 10.9. The Morgan fingerprint density at radius 3 is 1.61 bits per heavy atom. The summed E-state index contributed by atoms with van der Waals surface area (Å²) in [5, 5.41) is 10.9. The van der Waals surface area contributed by atoms with Crippen LogP contribution in [-0.2, 0) is 20.1 Å². The number of benzene rings is 3. The van der Waals surface area contributed by atoms with Crippen molar-refractivity contribution < 1.29 is 38.5 Å². The van der Waals surface area contributed by atoms with Crippen molar-refractivity contribution in [2.75, 3.05) is 19.8 Å². The van der Waals surface area contributed by atoms with E-state index in [0.717, 1.165) is 11.1 Å². The highest BCUT2D eigenvalue weighted by molar-refractivity contribution is 7.39. The van der Waals surface area contributed by atoms with Gasteiger partial charge in [-0.05, 0) is 23.3 Å². The van der Waals surface area contributed by atoms with E-state index < -0.39 is 48.0 Å². The molecule has 10 heteroatoms. The summed E-state index contributed by atoms with van der Waals surface area (Å²) in [6, 6.07) is 24.6. The molecule has 4 bridgehead atoms. The summed E-state index contributed by atoms with van der Waals surface area (Å²) in [5.74, 6) is 0.492. The summed E-state index contributed by atoms with van der Waals surface area (Å²) in [6.45, 7) is 2.81. The van der Waals surface area contributed by atoms with Gasteiger partial charge >= 0.3 is 17.2 Å². The quantitative estimate of drug-likeness (QED) is 0.261. The van der Waals surface area contributed by atoms with Crippen molar-refractivity contribution in [2.45, 2.75) is 24.9 Å². The summed E-state index contributed by atoms with van der Waals surface area (Å²) < 4.78 is 17.4. The van der Waals surface area contributed by atoms with E-state index in [1.807, 2.05) is 78.9 Å². The number of rotatable bonds is 9. The molecule has 0 radical (unpaired) electrons. The second-order valence-corrected chi connectivity index (χ2v) is 10.9. The lowest BCUT2D eigenvalue weighted by Crippen LogP contribution is -2.58. The molecule has 1 unspecified atom stereocenters. The zero-order valence-corrected chi connectivity index (χ0v) is 21.8. The second kappa shape index (κ2) is 10.8. The van der Waals surface area contributed by atoms with Crippen molar-refractivity contribution in [3.05, 3.63) is 101 Å². The molecule has 192 valence electrons. The SMILES string of the molecule is CC1(C)c2ccc(cc2)OC(c2ccccc2)(C(CO)(COP(O)O)COP(O)O)c2ccc1cc2. The average molecular weight is 532 g/mol. The van der Waals surface area contributed by atoms with Crippen LogP contribution in [0.15, 0.2) is 78.9 Å². The number of aliphatic hydroxyl groups is 1. The third kappa shape index (κ3) is 4.94. The summed E-state index contributed by atoms with van der Waals surface area (Å²) in [6.07, 6.45) is 0. The van der Waals surface area contributed by atoms with Crippen LogP contribution < -0.4 is 4.74 Å². The molecule has 0 saturated carbocycles. The Kier molecular flexibility index (Phi) is 8.13. The first-order valence-electron chi connectivity index (χ1n) is 11.3. The van der Waals surface area contributed by atoms with E-state index in [-0.39, 0.29) is 5.41 Å². The largest absolute Gasteiger partial charge is 0.477 e. The van der Waals surface area contributed by atoms with Gasteiger partial charge in [0, 0.05) is 16.5 Å². The third-order valence-electron chi connectivity index (χ3n) is 7.00. The molecule has 4 aliphatic heterocycles. The molecular weight excluding hydrogens is 502 g/mol. The molecular formula is C26H30O8P2. The molecule has 0 saturated heterocycles. The van der Waals surface area contributed by atoms with Gasteiger partial charge < -0.3 is 38.5 Å². The van der Waals surface area contributed by atoms with Crippen LogP contribution in [-0.4, -0.2) is 44.5 Å². The van der Waals surface area contributed by atoms with Crippen LogP contribution >= 0.6 is 17.2 Å². The molecule has 3 aromatic rings. The fraction of sp³-hybridized carbons (Fsp3) is 0.308. The van der Waals surface area contributed by atoms with Gasteiger partial charge in [-0.1, -0.05) is 80.6 Å². The van der Waals surface area contributed by atoms with Crippen LogP contribution in [0.4, 0.5) is 0 Å². The van der Waals surface area contributed by atoms with E-state index in [4.69, 9.17) is 13.8 Å². The smallest absolute Gasteiger partial charge is 0.327 e. The van der Waals surface area contributed by atoms with Crippen molar-refractivity contribution in [1.82, 2.24) is 0 Å². The fourth-order valence-electron chi connectivity index (χ4n) is 4.89. The maximum Gasteiger partial charge on any atom is 0.327 e. The number of ether oxygens (including phenoxy) is 1. The Labute approximate surface area is 212 Å². The van der Waals surface area contributed by atoms with E-state index >= 15 is 0 Å². The van der Waals surface area contributed by atoms with Crippen molar-refractivity contribution in [2.24, 2.45) is 5.41 Å². The van der Waals surface area contributed by atoms with E-state index in [9.17, 15) is 24.7 Å². The molecule has 7 rings (SSSR count). The predicted octanol–water partition coefficient (Wildman–Crippen LogP) is 4.08. The van der Waals surface area contributed by atoms with Crippen molar-refractivity contribution in [3.63, 3.8) is 0 Å². The van der Waals surface area contributed by atoms with E-state index in [0.29, 0.717) is 16.9 Å². The van der Waals surface area contributed by atoms with Gasteiger partial charge in [-0.25, -0.2) is 0 Å². The zero-order valence-electron chi connectivity index (χ0n) is 20.0. The highest BCUT2D eigenvalue weighted by Crippen LogP contribution is 2.52. The van der Waals surface area contributed by atoms with Crippen molar-refractivity contribution in [3.8, 4) is 5.75 Å². The van der Waals surface area contributed by atoms with Gasteiger partial charge in [0.05, 0.1) is 25.2 Å². The lowest BCUT2D eigenvalue weighted by atomic mass is 9.65. The van der Waals surface area contributed by atoms with Gasteiger partial charge in [0.2, 0.25) is 0 Å². The van der Waals surface area contributed by atoms with Crippen molar-refractivity contribution in [1.29, 1.82) is 0 Å². The van der Waals surface area contributed by atoms with Crippen molar-refractivity contribution >= 4 is 17.2 Å². The van der Waals surface area contributed by atoms with Crippen LogP contribution in [0.1, 0.15) is 36.1 Å². The topological polar surface area (TPSA) is 129 Å². The number of aliphatic hydroxyl groups excluding tert-OH is 1. The van der Waals surface area contributed by atoms with Crippen LogP contribution in [0.5, 0.6) is 5.75 Å². The van der Waals surface area contributed by atoms with E-state index in [1.54, 1.807) is 0 Å². The number of hydrogen-bond acceptors (Lipinski definition) is 8. The summed E-state index contributed by atoms with van der Waals surface area (Å²) in [5.41, 5.74) is 0.0803. The molecule has 36 heavy (non-hydrogen) atoms. The standard InChI is InChI=1S/C26H30O8P2/c1-24(2)19-8-10-22(11-9-19)26(21-6-4-3-5-7-21,34-23-14-12-20(24)13-15-23)25(16-27,17-32-35(28)29)18-33-36(30)31/h3-15,27-31H,16-18H2,1-2H3. The Morgan fingerprint density at radius 2 is 1.14 bits per heavy atom. The first-order chi connectivity index (χ1) is 17.1. The Balaban J connectivity index is 2.06. The zero-order chi connectivity index (χ0) is 26.0. The Bertz CT molecular complexity index is 1120. The average Bonchev–Trinajstić information content (AvgIpc) is 2.92. The van der Waals surface area contributed by atoms with Gasteiger partial charge in [0.1, 0.15) is 5.75 Å². The predicted molar refractivity (Wildman–Crippen MR) is 137 cm³/mol. The molecule has 0 fully saturated rings.